The predicted molar refractivity (Wildman–Crippen MR) is 113 cm³/mol. The van der Waals surface area contributed by atoms with E-state index >= 15 is 0 Å². The van der Waals surface area contributed by atoms with Gasteiger partial charge in [-0.25, -0.2) is 4.98 Å². The van der Waals surface area contributed by atoms with Gasteiger partial charge in [-0.1, -0.05) is 29.5 Å². The Morgan fingerprint density at radius 3 is 2.81 bits per heavy atom. The molecule has 0 fully saturated rings. The Kier molecular flexibility index (Phi) is 4.70. The average Bonchev–Trinajstić information content (AvgIpc) is 3.41. The van der Waals surface area contributed by atoms with E-state index in [1.54, 1.807) is 31.4 Å². The molecular formula is C22H20N6O3. The molecule has 0 aliphatic heterocycles. The summed E-state index contributed by atoms with van der Waals surface area (Å²) in [6.07, 6.45) is 3.15. The molecule has 1 N–H and O–H groups in total. The van der Waals surface area contributed by atoms with Crippen LogP contribution in [0.2, 0.25) is 0 Å². The molecule has 9 nitrogen and oxygen atoms in total. The van der Waals surface area contributed by atoms with Crippen molar-refractivity contribution in [3.05, 3.63) is 76.3 Å². The van der Waals surface area contributed by atoms with Gasteiger partial charge < -0.3 is 10.1 Å². The van der Waals surface area contributed by atoms with Gasteiger partial charge in [0.1, 0.15) is 18.6 Å². The number of nitrogens with one attached hydrogen (secondary N) is 1. The number of benzene rings is 2. The van der Waals surface area contributed by atoms with Crippen molar-refractivity contribution in [2.24, 2.45) is 0 Å². The first kappa shape index (κ1) is 19.0. The molecule has 0 saturated carbocycles. The highest BCUT2D eigenvalue weighted by atomic mass is 16.5. The highest BCUT2D eigenvalue weighted by Crippen LogP contribution is 2.30. The largest absolute Gasteiger partial charge is 0.497 e. The summed E-state index contributed by atoms with van der Waals surface area (Å²) in [4.78, 5) is 29.8. The lowest BCUT2D eigenvalue weighted by atomic mass is 10.1. The second kappa shape index (κ2) is 7.67. The SMILES string of the molecule is COc1ccc(-n2nnc3c(=O)n(CC(=O)NC4CCc5ccccc54)cnc32)cc1. The Labute approximate surface area is 177 Å². The van der Waals surface area contributed by atoms with Gasteiger partial charge in [-0.2, -0.15) is 4.68 Å². The predicted octanol–water partition coefficient (Wildman–Crippen LogP) is 1.79. The van der Waals surface area contributed by atoms with Gasteiger partial charge in [0.2, 0.25) is 5.91 Å². The summed E-state index contributed by atoms with van der Waals surface area (Å²) in [6, 6.07) is 15.2. The van der Waals surface area contributed by atoms with E-state index in [0.717, 1.165) is 18.4 Å². The molecule has 2 aromatic carbocycles. The van der Waals surface area contributed by atoms with Crippen LogP contribution >= 0.6 is 0 Å². The van der Waals surface area contributed by atoms with Gasteiger partial charge in [-0.15, -0.1) is 5.10 Å². The molecule has 4 aromatic rings. The first-order valence-corrected chi connectivity index (χ1v) is 9.96. The number of amides is 1. The normalized spacial score (nSPS) is 15.1. The minimum Gasteiger partial charge on any atom is -0.497 e. The van der Waals surface area contributed by atoms with E-state index in [9.17, 15) is 9.59 Å². The van der Waals surface area contributed by atoms with Crippen molar-refractivity contribution in [3.63, 3.8) is 0 Å². The van der Waals surface area contributed by atoms with Crippen LogP contribution in [-0.2, 0) is 17.8 Å². The van der Waals surface area contributed by atoms with Crippen molar-refractivity contribution >= 4 is 17.1 Å². The maximum Gasteiger partial charge on any atom is 0.284 e. The van der Waals surface area contributed by atoms with E-state index in [1.807, 2.05) is 18.2 Å². The molecule has 1 aliphatic carbocycles. The summed E-state index contributed by atoms with van der Waals surface area (Å²) in [5, 5.41) is 11.1. The minimum atomic E-state index is -0.410. The van der Waals surface area contributed by atoms with Gasteiger partial charge in [0.15, 0.2) is 11.2 Å². The van der Waals surface area contributed by atoms with Crippen molar-refractivity contribution < 1.29 is 9.53 Å². The summed E-state index contributed by atoms with van der Waals surface area (Å²) in [7, 11) is 1.59. The number of fused-ring (bicyclic) bond motifs is 2. The lowest BCUT2D eigenvalue weighted by molar-refractivity contribution is -0.122. The van der Waals surface area contributed by atoms with Crippen molar-refractivity contribution in [2.75, 3.05) is 7.11 Å². The first-order chi connectivity index (χ1) is 15.1. The monoisotopic (exact) mass is 416 g/mol. The van der Waals surface area contributed by atoms with E-state index in [4.69, 9.17) is 4.74 Å². The molecule has 9 heteroatoms. The lowest BCUT2D eigenvalue weighted by Gasteiger charge is -2.14. The van der Waals surface area contributed by atoms with Crippen molar-refractivity contribution in [3.8, 4) is 11.4 Å². The van der Waals surface area contributed by atoms with Gasteiger partial charge in [0.25, 0.3) is 5.56 Å². The van der Waals surface area contributed by atoms with Crippen LogP contribution in [-0.4, -0.2) is 37.6 Å². The third-order valence-corrected chi connectivity index (χ3v) is 5.53. The molecule has 1 atom stereocenters. The zero-order chi connectivity index (χ0) is 21.4. The third kappa shape index (κ3) is 3.43. The van der Waals surface area contributed by atoms with Crippen LogP contribution in [0.1, 0.15) is 23.6 Å². The highest BCUT2D eigenvalue weighted by molar-refractivity contribution is 5.77. The standard InChI is InChI=1S/C22H20N6O3/c1-31-16-9-7-15(8-10-16)28-21-20(25-26-28)22(30)27(13-23-21)12-19(29)24-18-11-6-14-4-2-3-5-17(14)18/h2-5,7-10,13,18H,6,11-12H2,1H3,(H,24,29). The van der Waals surface area contributed by atoms with E-state index < -0.39 is 5.56 Å². The number of carbonyl (C=O) groups is 1. The summed E-state index contributed by atoms with van der Waals surface area (Å²) in [6.45, 7) is -0.129. The number of aromatic nitrogens is 5. The number of aryl methyl sites for hydroxylation is 1. The summed E-state index contributed by atoms with van der Waals surface area (Å²) < 4.78 is 7.90. The molecule has 156 valence electrons. The second-order valence-corrected chi connectivity index (χ2v) is 7.41. The van der Waals surface area contributed by atoms with Crippen LogP contribution in [0, 0.1) is 0 Å². The molecule has 0 radical (unpaired) electrons. The second-order valence-electron chi connectivity index (χ2n) is 7.41. The van der Waals surface area contributed by atoms with Crippen molar-refractivity contribution in [1.82, 2.24) is 29.9 Å². The zero-order valence-electron chi connectivity index (χ0n) is 16.9. The van der Waals surface area contributed by atoms with Gasteiger partial charge >= 0.3 is 0 Å². The first-order valence-electron chi connectivity index (χ1n) is 9.96. The molecule has 2 heterocycles. The van der Waals surface area contributed by atoms with Gasteiger partial charge in [-0.05, 0) is 48.2 Å². The summed E-state index contributed by atoms with van der Waals surface area (Å²) in [5.74, 6) is 0.465. The van der Waals surface area contributed by atoms with E-state index in [1.165, 1.54) is 21.1 Å². The molecule has 2 aromatic heterocycles. The minimum absolute atomic E-state index is 0.0351. The fraction of sp³-hybridized carbons (Fsp3) is 0.227. The van der Waals surface area contributed by atoms with E-state index in [-0.39, 0.29) is 24.0 Å². The van der Waals surface area contributed by atoms with Gasteiger partial charge in [-0.3, -0.25) is 14.2 Å². The Bertz CT molecular complexity index is 1330. The Morgan fingerprint density at radius 2 is 2.00 bits per heavy atom. The van der Waals surface area contributed by atoms with Crippen molar-refractivity contribution in [2.45, 2.75) is 25.4 Å². The highest BCUT2D eigenvalue weighted by Gasteiger charge is 2.24. The fourth-order valence-electron chi connectivity index (χ4n) is 3.96. The molecule has 1 aliphatic rings. The average molecular weight is 416 g/mol. The quantitative estimate of drug-likeness (QED) is 0.532. The van der Waals surface area contributed by atoms with E-state index in [0.29, 0.717) is 17.1 Å². The fourth-order valence-corrected chi connectivity index (χ4v) is 3.96. The third-order valence-electron chi connectivity index (χ3n) is 5.53. The Morgan fingerprint density at radius 1 is 1.19 bits per heavy atom. The number of methoxy groups -OCH3 is 1. The molecule has 1 unspecified atom stereocenters. The van der Waals surface area contributed by atoms with Gasteiger partial charge in [0, 0.05) is 0 Å². The maximum atomic E-state index is 12.9. The summed E-state index contributed by atoms with van der Waals surface area (Å²) >= 11 is 0. The zero-order valence-corrected chi connectivity index (χ0v) is 16.9. The van der Waals surface area contributed by atoms with Crippen LogP contribution < -0.4 is 15.6 Å². The molecule has 5 rings (SSSR count). The van der Waals surface area contributed by atoms with E-state index in [2.05, 4.69) is 26.7 Å². The number of hydrogen-bond donors (Lipinski definition) is 1. The van der Waals surface area contributed by atoms with Gasteiger partial charge in [0.05, 0.1) is 18.8 Å². The molecular weight excluding hydrogens is 396 g/mol. The maximum absolute atomic E-state index is 12.9. The molecule has 0 bridgehead atoms. The number of ether oxygens (including phenoxy) is 1. The molecule has 31 heavy (non-hydrogen) atoms. The summed E-state index contributed by atoms with van der Waals surface area (Å²) in [5.41, 5.74) is 3.12. The number of nitrogens with zero attached hydrogens (tertiary/aromatic N) is 5. The van der Waals surface area contributed by atoms with Crippen molar-refractivity contribution in [1.29, 1.82) is 0 Å². The number of carbonyl (C=O) groups excluding carboxylic acids is 1. The van der Waals surface area contributed by atoms with Crippen LogP contribution in [0.3, 0.4) is 0 Å². The molecule has 0 spiro atoms. The molecule has 0 saturated heterocycles. The lowest BCUT2D eigenvalue weighted by Crippen LogP contribution is -2.34. The van der Waals surface area contributed by atoms with Crippen LogP contribution in [0.25, 0.3) is 16.9 Å². The van der Waals surface area contributed by atoms with Crippen LogP contribution in [0.4, 0.5) is 0 Å². The smallest absolute Gasteiger partial charge is 0.284 e. The molecule has 1 amide bonds. The Balaban J connectivity index is 1.37. The Hall–Kier alpha value is -4.01. The number of rotatable bonds is 5. The van der Waals surface area contributed by atoms with Crippen LogP contribution in [0.5, 0.6) is 5.75 Å². The van der Waals surface area contributed by atoms with Crippen LogP contribution in [0.15, 0.2) is 59.7 Å². The number of hydrogen-bond acceptors (Lipinski definition) is 6. The topological polar surface area (TPSA) is 104 Å².